The van der Waals surface area contributed by atoms with E-state index in [4.69, 9.17) is 4.74 Å². The van der Waals surface area contributed by atoms with Crippen LogP contribution in [0.4, 0.5) is 8.78 Å². The molecule has 0 aliphatic heterocycles. The average molecular weight is 279 g/mol. The molecule has 0 aliphatic rings. The van der Waals surface area contributed by atoms with Crippen LogP contribution in [0.1, 0.15) is 5.56 Å². The van der Waals surface area contributed by atoms with Gasteiger partial charge in [0.1, 0.15) is 5.75 Å². The lowest BCUT2D eigenvalue weighted by Gasteiger charge is -2.07. The zero-order valence-corrected chi connectivity index (χ0v) is 9.55. The van der Waals surface area contributed by atoms with E-state index in [1.807, 2.05) is 0 Å². The van der Waals surface area contributed by atoms with Gasteiger partial charge in [0.05, 0.1) is 7.11 Å². The van der Waals surface area contributed by atoms with Crippen molar-refractivity contribution < 1.29 is 18.3 Å². The molecule has 0 unspecified atom stereocenters. The van der Waals surface area contributed by atoms with Crippen LogP contribution in [0.15, 0.2) is 22.7 Å². The molecule has 2 nitrogen and oxygen atoms in total. The molecule has 0 atom stereocenters. The fourth-order valence-electron chi connectivity index (χ4n) is 1.15. The third-order valence-electron chi connectivity index (χ3n) is 1.85. The van der Waals surface area contributed by atoms with Crippen molar-refractivity contribution in [1.29, 1.82) is 0 Å². The van der Waals surface area contributed by atoms with Crippen LogP contribution >= 0.6 is 15.9 Å². The monoisotopic (exact) mass is 278 g/mol. The van der Waals surface area contributed by atoms with E-state index in [0.29, 0.717) is 11.3 Å². The van der Waals surface area contributed by atoms with E-state index in [1.54, 1.807) is 18.2 Å². The molecule has 0 radical (unpaired) electrons. The third-order valence-corrected chi connectivity index (χ3v) is 2.34. The van der Waals surface area contributed by atoms with E-state index >= 15 is 0 Å². The smallest absolute Gasteiger partial charge is 0.296 e. The summed E-state index contributed by atoms with van der Waals surface area (Å²) in [6.07, 6.45) is -3.26. The summed E-state index contributed by atoms with van der Waals surface area (Å²) in [6, 6.07) is 4.94. The molecule has 1 aromatic rings. The third kappa shape index (κ3) is 3.27. The first kappa shape index (κ1) is 12.1. The summed E-state index contributed by atoms with van der Waals surface area (Å²) in [4.78, 5) is 10.9. The Morgan fingerprint density at radius 1 is 1.53 bits per heavy atom. The Kier molecular flexibility index (Phi) is 4.20. The largest absolute Gasteiger partial charge is 0.496 e. The quantitative estimate of drug-likeness (QED) is 0.847. The molecule has 15 heavy (non-hydrogen) atoms. The van der Waals surface area contributed by atoms with E-state index in [0.717, 1.165) is 4.47 Å². The predicted molar refractivity (Wildman–Crippen MR) is 55.4 cm³/mol. The van der Waals surface area contributed by atoms with Crippen molar-refractivity contribution in [2.45, 2.75) is 12.8 Å². The molecule has 0 aromatic heterocycles. The molecule has 82 valence electrons. The summed E-state index contributed by atoms with van der Waals surface area (Å²) in [6.45, 7) is 0. The van der Waals surface area contributed by atoms with E-state index in [2.05, 4.69) is 15.9 Å². The van der Waals surface area contributed by atoms with Gasteiger partial charge in [-0.15, -0.1) is 0 Å². The summed E-state index contributed by atoms with van der Waals surface area (Å²) in [7, 11) is 1.43. The molecular weight excluding hydrogens is 270 g/mol. The molecule has 0 saturated heterocycles. The number of rotatable bonds is 4. The molecule has 0 aliphatic carbocycles. The Bertz CT molecular complexity index is 366. The van der Waals surface area contributed by atoms with Gasteiger partial charge in [-0.25, -0.2) is 8.78 Å². The Labute approximate surface area is 94.4 Å². The van der Waals surface area contributed by atoms with Crippen molar-refractivity contribution in [3.05, 3.63) is 28.2 Å². The lowest BCUT2D eigenvalue weighted by atomic mass is 10.1. The Morgan fingerprint density at radius 2 is 2.20 bits per heavy atom. The highest BCUT2D eigenvalue weighted by Gasteiger charge is 2.17. The van der Waals surface area contributed by atoms with E-state index in [9.17, 15) is 13.6 Å². The zero-order valence-electron chi connectivity index (χ0n) is 7.97. The van der Waals surface area contributed by atoms with Gasteiger partial charge >= 0.3 is 0 Å². The zero-order chi connectivity index (χ0) is 11.4. The van der Waals surface area contributed by atoms with Gasteiger partial charge in [0.15, 0.2) is 0 Å². The first-order valence-electron chi connectivity index (χ1n) is 4.18. The standard InChI is InChI=1S/C10H9BrF2O2/c1-15-9-3-2-7(11)4-6(9)5-8(14)10(12)13/h2-4,10H,5H2,1H3. The summed E-state index contributed by atoms with van der Waals surface area (Å²) in [5.74, 6) is -0.668. The number of hydrogen-bond donors (Lipinski definition) is 0. The number of halogens is 3. The molecular formula is C10H9BrF2O2. The number of carbonyl (C=O) groups is 1. The highest BCUT2D eigenvalue weighted by molar-refractivity contribution is 9.10. The number of benzene rings is 1. The molecule has 1 rings (SSSR count). The number of ketones is 1. The second-order valence-electron chi connectivity index (χ2n) is 2.90. The number of carbonyl (C=O) groups excluding carboxylic acids is 1. The molecule has 0 amide bonds. The van der Waals surface area contributed by atoms with Gasteiger partial charge in [-0.1, -0.05) is 15.9 Å². The predicted octanol–water partition coefficient (Wildman–Crippen LogP) is 2.83. The number of hydrogen-bond acceptors (Lipinski definition) is 2. The van der Waals surface area contributed by atoms with Crippen molar-refractivity contribution in [3.8, 4) is 5.75 Å². The Morgan fingerprint density at radius 3 is 2.73 bits per heavy atom. The topological polar surface area (TPSA) is 26.3 Å². The lowest BCUT2D eigenvalue weighted by Crippen LogP contribution is -2.13. The highest BCUT2D eigenvalue weighted by Crippen LogP contribution is 2.24. The van der Waals surface area contributed by atoms with Gasteiger partial charge in [0.2, 0.25) is 5.78 Å². The molecule has 0 saturated carbocycles. The highest BCUT2D eigenvalue weighted by atomic mass is 79.9. The molecule has 5 heteroatoms. The van der Waals surface area contributed by atoms with Gasteiger partial charge in [-0.3, -0.25) is 4.79 Å². The molecule has 0 bridgehead atoms. The average Bonchev–Trinajstić information content (AvgIpc) is 2.18. The number of ether oxygens (including phenoxy) is 1. The fourth-order valence-corrected chi connectivity index (χ4v) is 1.56. The van der Waals surface area contributed by atoms with Gasteiger partial charge in [-0.05, 0) is 18.2 Å². The van der Waals surface area contributed by atoms with Crippen molar-refractivity contribution in [1.82, 2.24) is 0 Å². The summed E-state index contributed by atoms with van der Waals surface area (Å²) in [5, 5.41) is 0. The summed E-state index contributed by atoms with van der Waals surface area (Å²) < 4.78 is 29.8. The van der Waals surface area contributed by atoms with E-state index in [-0.39, 0.29) is 6.42 Å². The van der Waals surface area contributed by atoms with Crippen LogP contribution in [0.25, 0.3) is 0 Å². The maximum atomic E-state index is 12.0. The minimum atomic E-state index is -2.94. The fraction of sp³-hybridized carbons (Fsp3) is 0.300. The lowest BCUT2D eigenvalue weighted by molar-refractivity contribution is -0.128. The van der Waals surface area contributed by atoms with Crippen LogP contribution in [-0.2, 0) is 11.2 Å². The van der Waals surface area contributed by atoms with Gasteiger partial charge in [0, 0.05) is 16.5 Å². The van der Waals surface area contributed by atoms with Crippen LogP contribution in [0, 0.1) is 0 Å². The van der Waals surface area contributed by atoms with Crippen molar-refractivity contribution in [2.24, 2.45) is 0 Å². The van der Waals surface area contributed by atoms with Crippen molar-refractivity contribution in [3.63, 3.8) is 0 Å². The molecule has 0 N–H and O–H groups in total. The Balaban J connectivity index is 2.92. The van der Waals surface area contributed by atoms with Crippen LogP contribution < -0.4 is 4.74 Å². The van der Waals surface area contributed by atoms with Gasteiger partial charge < -0.3 is 4.74 Å². The SMILES string of the molecule is COc1ccc(Br)cc1CC(=O)C(F)F. The van der Waals surface area contributed by atoms with Crippen LogP contribution in [-0.4, -0.2) is 19.3 Å². The second kappa shape index (κ2) is 5.21. The van der Waals surface area contributed by atoms with Crippen molar-refractivity contribution in [2.75, 3.05) is 7.11 Å². The molecule has 1 aromatic carbocycles. The first-order valence-corrected chi connectivity index (χ1v) is 4.97. The minimum absolute atomic E-state index is 0.319. The molecule has 0 spiro atoms. The van der Waals surface area contributed by atoms with Crippen LogP contribution in [0.5, 0.6) is 5.75 Å². The minimum Gasteiger partial charge on any atom is -0.496 e. The second-order valence-corrected chi connectivity index (χ2v) is 3.82. The first-order chi connectivity index (χ1) is 7.04. The van der Waals surface area contributed by atoms with Gasteiger partial charge in [-0.2, -0.15) is 0 Å². The normalized spacial score (nSPS) is 10.5. The maximum Gasteiger partial charge on any atom is 0.296 e. The summed E-state index contributed by atoms with van der Waals surface area (Å²) in [5.41, 5.74) is 0.456. The summed E-state index contributed by atoms with van der Waals surface area (Å²) >= 11 is 3.20. The maximum absolute atomic E-state index is 12.0. The van der Waals surface area contributed by atoms with Crippen LogP contribution in [0.3, 0.4) is 0 Å². The van der Waals surface area contributed by atoms with E-state index in [1.165, 1.54) is 7.11 Å². The van der Waals surface area contributed by atoms with Gasteiger partial charge in [0.25, 0.3) is 6.43 Å². The Hall–Kier alpha value is -0.970. The van der Waals surface area contributed by atoms with Crippen LogP contribution in [0.2, 0.25) is 0 Å². The number of methoxy groups -OCH3 is 1. The van der Waals surface area contributed by atoms with E-state index < -0.39 is 12.2 Å². The number of alkyl halides is 2. The molecule has 0 fully saturated rings. The molecule has 0 heterocycles. The van der Waals surface area contributed by atoms with Crippen molar-refractivity contribution >= 4 is 21.7 Å². The number of Topliss-reactive ketones (excluding diaryl/α,β-unsaturated/α-hetero) is 1.